The summed E-state index contributed by atoms with van der Waals surface area (Å²) >= 11 is 4.01. The van der Waals surface area contributed by atoms with Crippen LogP contribution in [0, 0.1) is 5.41 Å². The highest BCUT2D eigenvalue weighted by atomic mass is 32.1. The molecule has 0 saturated heterocycles. The van der Waals surface area contributed by atoms with Gasteiger partial charge in [0, 0.05) is 19.2 Å². The molecule has 0 aromatic heterocycles. The maximum absolute atomic E-state index is 12.2. The standard InChI is InChI=1S/C14H25N6O4S/c1-8(6-21)18-12(23)10(4-3-5-17-14(15)16)20-13(24)11(7-25)19-9(2)22/h8,10-11,25H,3-5,7H2,1-2H3,(H,18,23)(H,19,22)(H,20,24)(H4,15,16,17)/t8-,10-,11-/m1/s1. The molecule has 0 heterocycles. The minimum absolute atomic E-state index is 0.0597. The van der Waals surface area contributed by atoms with Gasteiger partial charge in [0.2, 0.25) is 24.0 Å². The average molecular weight is 373 g/mol. The number of rotatable bonds is 11. The van der Waals surface area contributed by atoms with Crippen molar-refractivity contribution in [2.45, 2.75) is 44.8 Å². The number of nitrogens with one attached hydrogen (secondary N) is 5. The molecule has 7 N–H and O–H groups in total. The van der Waals surface area contributed by atoms with Crippen molar-refractivity contribution < 1.29 is 19.2 Å². The molecule has 0 spiro atoms. The molecule has 0 aliphatic carbocycles. The number of nitrogens with two attached hydrogens (primary N) is 1. The van der Waals surface area contributed by atoms with Gasteiger partial charge < -0.3 is 27.0 Å². The third-order valence-corrected chi connectivity index (χ3v) is 3.40. The quantitative estimate of drug-likeness (QED) is 0.0938. The monoisotopic (exact) mass is 373 g/mol. The Morgan fingerprint density at radius 3 is 2.24 bits per heavy atom. The maximum atomic E-state index is 12.2. The summed E-state index contributed by atoms with van der Waals surface area (Å²) in [7, 11) is 0. The van der Waals surface area contributed by atoms with Gasteiger partial charge in [-0.3, -0.25) is 24.6 Å². The van der Waals surface area contributed by atoms with Crippen molar-refractivity contribution in [1.29, 1.82) is 5.41 Å². The summed E-state index contributed by atoms with van der Waals surface area (Å²) in [5.41, 5.74) is 5.17. The molecule has 0 bridgehead atoms. The molecule has 0 fully saturated rings. The summed E-state index contributed by atoms with van der Waals surface area (Å²) in [4.78, 5) is 46.1. The summed E-state index contributed by atoms with van der Waals surface area (Å²) in [6.45, 7) is 3.06. The molecule has 0 aromatic carbocycles. The molecule has 0 rings (SSSR count). The molecule has 10 nitrogen and oxygen atoms in total. The fraction of sp³-hybridized carbons (Fsp3) is 0.643. The van der Waals surface area contributed by atoms with Crippen molar-refractivity contribution >= 4 is 42.6 Å². The predicted octanol–water partition coefficient (Wildman–Crippen LogP) is -2.22. The molecule has 25 heavy (non-hydrogen) atoms. The van der Waals surface area contributed by atoms with E-state index in [0.29, 0.717) is 13.0 Å². The molecule has 3 atom stereocenters. The third-order valence-electron chi connectivity index (χ3n) is 3.03. The minimum Gasteiger partial charge on any atom is -0.370 e. The molecule has 0 aromatic rings. The Morgan fingerprint density at radius 1 is 1.16 bits per heavy atom. The van der Waals surface area contributed by atoms with E-state index in [4.69, 9.17) is 11.1 Å². The van der Waals surface area contributed by atoms with Crippen molar-refractivity contribution in [3.05, 3.63) is 0 Å². The van der Waals surface area contributed by atoms with Gasteiger partial charge in [0.1, 0.15) is 12.1 Å². The van der Waals surface area contributed by atoms with Crippen LogP contribution in [-0.4, -0.2) is 60.4 Å². The largest absolute Gasteiger partial charge is 0.370 e. The van der Waals surface area contributed by atoms with Crippen molar-refractivity contribution in [2.24, 2.45) is 5.73 Å². The lowest BCUT2D eigenvalue weighted by Crippen LogP contribution is -2.55. The van der Waals surface area contributed by atoms with Crippen LogP contribution in [-0.2, 0) is 19.2 Å². The van der Waals surface area contributed by atoms with Crippen LogP contribution in [0.5, 0.6) is 0 Å². The van der Waals surface area contributed by atoms with E-state index in [1.165, 1.54) is 13.8 Å². The second-order valence-corrected chi connectivity index (χ2v) is 5.69. The lowest BCUT2D eigenvalue weighted by molar-refractivity contribution is -0.131. The van der Waals surface area contributed by atoms with Crippen LogP contribution in [0.15, 0.2) is 0 Å². The fourth-order valence-electron chi connectivity index (χ4n) is 1.85. The number of carbonyl (C=O) groups is 3. The number of amides is 3. The Morgan fingerprint density at radius 2 is 1.76 bits per heavy atom. The van der Waals surface area contributed by atoms with Gasteiger partial charge in [-0.05, 0) is 19.8 Å². The van der Waals surface area contributed by atoms with Crippen molar-refractivity contribution in [1.82, 2.24) is 21.3 Å². The zero-order valence-electron chi connectivity index (χ0n) is 14.2. The first-order valence-corrected chi connectivity index (χ1v) is 8.28. The number of hydrogen-bond donors (Lipinski definition) is 7. The topological polar surface area (TPSA) is 166 Å². The zero-order chi connectivity index (χ0) is 19.4. The number of hydrogen-bond acceptors (Lipinski definition) is 6. The van der Waals surface area contributed by atoms with Crippen LogP contribution >= 0.6 is 12.6 Å². The van der Waals surface area contributed by atoms with Crippen molar-refractivity contribution in [3.63, 3.8) is 0 Å². The van der Waals surface area contributed by atoms with Gasteiger partial charge >= 0.3 is 0 Å². The first-order valence-electron chi connectivity index (χ1n) is 7.65. The Labute approximate surface area is 152 Å². The normalized spacial score (nSPS) is 13.7. The summed E-state index contributed by atoms with van der Waals surface area (Å²) < 4.78 is 0. The minimum atomic E-state index is -0.923. The van der Waals surface area contributed by atoms with Gasteiger partial charge in [-0.15, -0.1) is 0 Å². The number of carbonyl (C=O) groups excluding carboxylic acids is 4. The van der Waals surface area contributed by atoms with Crippen LogP contribution in [0.2, 0.25) is 0 Å². The zero-order valence-corrected chi connectivity index (χ0v) is 15.1. The highest BCUT2D eigenvalue weighted by molar-refractivity contribution is 7.80. The molecule has 1 radical (unpaired) electrons. The number of guanidine groups is 1. The highest BCUT2D eigenvalue weighted by Gasteiger charge is 2.26. The second kappa shape index (κ2) is 12.1. The van der Waals surface area contributed by atoms with Crippen LogP contribution in [0.4, 0.5) is 0 Å². The smallest absolute Gasteiger partial charge is 0.244 e. The van der Waals surface area contributed by atoms with Gasteiger partial charge in [-0.25, -0.2) is 0 Å². The molecule has 0 aliphatic heterocycles. The molecule has 141 valence electrons. The Hall–Kier alpha value is -2.30. The number of thiol groups is 1. The molecule has 3 amide bonds. The van der Waals surface area contributed by atoms with E-state index in [1.807, 2.05) is 0 Å². The van der Waals surface area contributed by atoms with Gasteiger partial charge in [-0.2, -0.15) is 12.6 Å². The lowest BCUT2D eigenvalue weighted by atomic mass is 10.1. The van der Waals surface area contributed by atoms with Crippen LogP contribution in [0.1, 0.15) is 26.7 Å². The van der Waals surface area contributed by atoms with Gasteiger partial charge in [0.15, 0.2) is 5.96 Å². The third kappa shape index (κ3) is 10.2. The van der Waals surface area contributed by atoms with E-state index in [1.54, 1.807) is 6.29 Å². The second-order valence-electron chi connectivity index (χ2n) is 5.33. The average Bonchev–Trinajstić information content (AvgIpc) is 2.54. The first-order chi connectivity index (χ1) is 11.7. The molecule has 11 heteroatoms. The SMILES string of the molecule is CC(=O)N[C@H](CS)C(=O)N[C@H](CCCNC(=N)N)C(=O)N[C@H](C)[C]=O. The molecular formula is C14H25N6O4S. The first kappa shape index (κ1) is 22.7. The Kier molecular flexibility index (Phi) is 11.0. The van der Waals surface area contributed by atoms with Gasteiger partial charge in [0.05, 0.1) is 6.04 Å². The van der Waals surface area contributed by atoms with E-state index in [0.717, 1.165) is 0 Å². The predicted molar refractivity (Wildman–Crippen MR) is 95.8 cm³/mol. The Balaban J connectivity index is 4.87. The van der Waals surface area contributed by atoms with Crippen molar-refractivity contribution in [3.8, 4) is 0 Å². The summed E-state index contributed by atoms with van der Waals surface area (Å²) in [6.07, 6.45) is 2.30. The van der Waals surface area contributed by atoms with Gasteiger partial charge in [0.25, 0.3) is 0 Å². The molecular weight excluding hydrogens is 348 g/mol. The maximum Gasteiger partial charge on any atom is 0.244 e. The van der Waals surface area contributed by atoms with E-state index in [9.17, 15) is 19.2 Å². The highest BCUT2D eigenvalue weighted by Crippen LogP contribution is 2.00. The van der Waals surface area contributed by atoms with E-state index < -0.39 is 35.8 Å². The van der Waals surface area contributed by atoms with E-state index in [2.05, 4.69) is 33.9 Å². The van der Waals surface area contributed by atoms with Crippen LogP contribution in [0.25, 0.3) is 0 Å². The fourth-order valence-corrected chi connectivity index (χ4v) is 2.11. The summed E-state index contributed by atoms with van der Waals surface area (Å²) in [5.74, 6) is -1.65. The molecule has 0 saturated carbocycles. The lowest BCUT2D eigenvalue weighted by Gasteiger charge is -2.22. The van der Waals surface area contributed by atoms with Crippen molar-refractivity contribution in [2.75, 3.05) is 12.3 Å². The summed E-state index contributed by atoms with van der Waals surface area (Å²) in [6, 6.07) is -2.63. The molecule has 0 unspecified atom stereocenters. The summed E-state index contributed by atoms with van der Waals surface area (Å²) in [5, 5.41) is 17.0. The van der Waals surface area contributed by atoms with Gasteiger partial charge in [-0.1, -0.05) is 0 Å². The molecule has 0 aliphatic rings. The van der Waals surface area contributed by atoms with E-state index in [-0.39, 0.29) is 18.1 Å². The van der Waals surface area contributed by atoms with Crippen LogP contribution in [0.3, 0.4) is 0 Å². The van der Waals surface area contributed by atoms with Crippen LogP contribution < -0.4 is 27.0 Å². The Bertz CT molecular complexity index is 502. The van der Waals surface area contributed by atoms with E-state index >= 15 is 0 Å².